The summed E-state index contributed by atoms with van der Waals surface area (Å²) >= 11 is 0. The molecule has 0 aliphatic rings. The molecule has 0 spiro atoms. The standard InChI is InChI=1S/C18H26N2O4/c1-12(14-9-7-6-8-10-14)11-15(21)24-13(2)16(22)19-17(23)20-18(3,4)5/h6-10,12-13H,11H2,1-5H3,(H2,19,20,22,23)/t12-,13+/m1/s1. The van der Waals surface area contributed by atoms with Gasteiger partial charge in [0.2, 0.25) is 0 Å². The normalized spacial score (nSPS) is 13.5. The van der Waals surface area contributed by atoms with Gasteiger partial charge in [0.15, 0.2) is 6.10 Å². The summed E-state index contributed by atoms with van der Waals surface area (Å²) in [7, 11) is 0. The number of hydrogen-bond acceptors (Lipinski definition) is 4. The summed E-state index contributed by atoms with van der Waals surface area (Å²) in [5.41, 5.74) is 0.561. The largest absolute Gasteiger partial charge is 0.453 e. The first-order chi connectivity index (χ1) is 11.1. The smallest absolute Gasteiger partial charge is 0.321 e. The molecule has 0 radical (unpaired) electrons. The van der Waals surface area contributed by atoms with E-state index < -0.39 is 29.6 Å². The summed E-state index contributed by atoms with van der Waals surface area (Å²) in [4.78, 5) is 35.5. The zero-order chi connectivity index (χ0) is 18.3. The highest BCUT2D eigenvalue weighted by Crippen LogP contribution is 2.19. The van der Waals surface area contributed by atoms with Crippen molar-refractivity contribution in [3.05, 3.63) is 35.9 Å². The fourth-order valence-corrected chi connectivity index (χ4v) is 2.03. The van der Waals surface area contributed by atoms with Gasteiger partial charge in [-0.2, -0.15) is 0 Å². The number of nitrogens with one attached hydrogen (secondary N) is 2. The van der Waals surface area contributed by atoms with Gasteiger partial charge in [0.1, 0.15) is 0 Å². The summed E-state index contributed by atoms with van der Waals surface area (Å²) in [6.45, 7) is 8.74. The van der Waals surface area contributed by atoms with Crippen LogP contribution in [0.4, 0.5) is 4.79 Å². The van der Waals surface area contributed by atoms with E-state index in [2.05, 4.69) is 10.6 Å². The van der Waals surface area contributed by atoms with Crippen LogP contribution < -0.4 is 10.6 Å². The second kappa shape index (κ2) is 8.47. The highest BCUT2D eigenvalue weighted by atomic mass is 16.5. The maximum atomic E-state index is 12.0. The SMILES string of the molecule is C[C@H](OC(=O)C[C@@H](C)c1ccccc1)C(=O)NC(=O)NC(C)(C)C. The molecule has 0 saturated heterocycles. The first kappa shape index (κ1) is 19.7. The fourth-order valence-electron chi connectivity index (χ4n) is 2.03. The maximum Gasteiger partial charge on any atom is 0.321 e. The Hall–Kier alpha value is -2.37. The number of ether oxygens (including phenoxy) is 1. The lowest BCUT2D eigenvalue weighted by atomic mass is 9.98. The van der Waals surface area contributed by atoms with Gasteiger partial charge < -0.3 is 10.1 Å². The fraction of sp³-hybridized carbons (Fsp3) is 0.500. The van der Waals surface area contributed by atoms with Gasteiger partial charge in [-0.15, -0.1) is 0 Å². The number of urea groups is 1. The lowest BCUT2D eigenvalue weighted by Gasteiger charge is -2.21. The van der Waals surface area contributed by atoms with Gasteiger partial charge in [0, 0.05) is 5.54 Å². The number of carbonyl (C=O) groups is 3. The number of imide groups is 1. The van der Waals surface area contributed by atoms with Crippen molar-refractivity contribution in [1.29, 1.82) is 0 Å². The van der Waals surface area contributed by atoms with Gasteiger partial charge in [-0.25, -0.2) is 4.79 Å². The molecule has 1 aromatic carbocycles. The van der Waals surface area contributed by atoms with E-state index in [9.17, 15) is 14.4 Å². The third-order valence-corrected chi connectivity index (χ3v) is 3.24. The second-order valence-corrected chi connectivity index (χ2v) is 6.84. The van der Waals surface area contributed by atoms with Crippen LogP contribution in [-0.4, -0.2) is 29.6 Å². The Morgan fingerprint density at radius 2 is 1.67 bits per heavy atom. The number of rotatable bonds is 5. The van der Waals surface area contributed by atoms with E-state index >= 15 is 0 Å². The van der Waals surface area contributed by atoms with Gasteiger partial charge in [-0.1, -0.05) is 37.3 Å². The van der Waals surface area contributed by atoms with Crippen LogP contribution in [0.5, 0.6) is 0 Å². The van der Waals surface area contributed by atoms with E-state index in [1.807, 2.05) is 37.3 Å². The summed E-state index contributed by atoms with van der Waals surface area (Å²) in [5, 5.41) is 4.76. The van der Waals surface area contributed by atoms with E-state index in [-0.39, 0.29) is 12.3 Å². The molecular weight excluding hydrogens is 308 g/mol. The molecule has 0 fully saturated rings. The number of hydrogen-bond donors (Lipinski definition) is 2. The zero-order valence-electron chi connectivity index (χ0n) is 14.9. The van der Waals surface area contributed by atoms with Crippen LogP contribution in [0.25, 0.3) is 0 Å². The van der Waals surface area contributed by atoms with Crippen molar-refractivity contribution in [2.75, 3.05) is 0 Å². The molecule has 24 heavy (non-hydrogen) atoms. The molecule has 2 N–H and O–H groups in total. The average molecular weight is 334 g/mol. The van der Waals surface area contributed by atoms with Gasteiger partial charge in [0.25, 0.3) is 5.91 Å². The van der Waals surface area contributed by atoms with Crippen LogP contribution in [-0.2, 0) is 14.3 Å². The lowest BCUT2D eigenvalue weighted by molar-refractivity contribution is -0.154. The first-order valence-corrected chi connectivity index (χ1v) is 7.96. The van der Waals surface area contributed by atoms with Gasteiger partial charge in [0.05, 0.1) is 6.42 Å². The minimum atomic E-state index is -1.04. The Morgan fingerprint density at radius 3 is 2.21 bits per heavy atom. The predicted molar refractivity (Wildman–Crippen MR) is 91.5 cm³/mol. The summed E-state index contributed by atoms with van der Waals surface area (Å²) in [6.07, 6.45) is -0.873. The molecule has 6 heteroatoms. The van der Waals surface area contributed by atoms with Crippen molar-refractivity contribution in [3.63, 3.8) is 0 Å². The molecule has 0 aromatic heterocycles. The summed E-state index contributed by atoms with van der Waals surface area (Å²) < 4.78 is 5.10. The number of carbonyl (C=O) groups excluding carboxylic acids is 3. The molecular formula is C18H26N2O4. The van der Waals surface area contributed by atoms with E-state index in [0.29, 0.717) is 0 Å². The van der Waals surface area contributed by atoms with Crippen molar-refractivity contribution >= 4 is 17.9 Å². The Morgan fingerprint density at radius 1 is 1.08 bits per heavy atom. The molecule has 2 atom stereocenters. The van der Waals surface area contributed by atoms with E-state index in [4.69, 9.17) is 4.74 Å². The van der Waals surface area contributed by atoms with E-state index in [1.54, 1.807) is 20.8 Å². The minimum Gasteiger partial charge on any atom is -0.453 e. The molecule has 0 aliphatic carbocycles. The zero-order valence-corrected chi connectivity index (χ0v) is 14.9. The van der Waals surface area contributed by atoms with Crippen molar-refractivity contribution in [1.82, 2.24) is 10.6 Å². The third-order valence-electron chi connectivity index (χ3n) is 3.24. The Labute approximate surface area is 143 Å². The molecule has 132 valence electrons. The Kier molecular flexibility index (Phi) is 6.95. The van der Waals surface area contributed by atoms with E-state index in [1.165, 1.54) is 6.92 Å². The van der Waals surface area contributed by atoms with Crippen molar-refractivity contribution in [2.45, 2.75) is 58.6 Å². The van der Waals surface area contributed by atoms with Crippen LogP contribution in [0.2, 0.25) is 0 Å². The van der Waals surface area contributed by atoms with Gasteiger partial charge in [-0.3, -0.25) is 14.9 Å². The molecule has 1 aromatic rings. The predicted octanol–water partition coefficient (Wildman–Crippen LogP) is 2.74. The second-order valence-electron chi connectivity index (χ2n) is 6.84. The van der Waals surface area contributed by atoms with Gasteiger partial charge >= 0.3 is 12.0 Å². The van der Waals surface area contributed by atoms with Crippen LogP contribution in [0, 0.1) is 0 Å². The van der Waals surface area contributed by atoms with E-state index in [0.717, 1.165) is 5.56 Å². The molecule has 6 nitrogen and oxygen atoms in total. The Balaban J connectivity index is 2.45. The monoisotopic (exact) mass is 334 g/mol. The van der Waals surface area contributed by atoms with Crippen molar-refractivity contribution in [3.8, 4) is 0 Å². The Bertz CT molecular complexity index is 578. The van der Waals surface area contributed by atoms with Crippen LogP contribution in [0.15, 0.2) is 30.3 Å². The molecule has 0 saturated carbocycles. The number of esters is 1. The number of amides is 3. The third kappa shape index (κ3) is 7.26. The maximum absolute atomic E-state index is 12.0. The molecule has 0 unspecified atom stereocenters. The van der Waals surface area contributed by atoms with Crippen molar-refractivity contribution < 1.29 is 19.1 Å². The molecule has 3 amide bonds. The highest BCUT2D eigenvalue weighted by Gasteiger charge is 2.23. The summed E-state index contributed by atoms with van der Waals surface area (Å²) in [6, 6.07) is 8.97. The summed E-state index contributed by atoms with van der Waals surface area (Å²) in [5.74, 6) is -1.15. The molecule has 0 heterocycles. The molecule has 0 aliphatic heterocycles. The minimum absolute atomic E-state index is 0.0156. The molecule has 0 bridgehead atoms. The van der Waals surface area contributed by atoms with Crippen LogP contribution >= 0.6 is 0 Å². The topological polar surface area (TPSA) is 84.5 Å². The van der Waals surface area contributed by atoms with Gasteiger partial charge in [-0.05, 0) is 39.2 Å². The highest BCUT2D eigenvalue weighted by molar-refractivity contribution is 5.97. The van der Waals surface area contributed by atoms with Crippen LogP contribution in [0.1, 0.15) is 52.5 Å². The first-order valence-electron chi connectivity index (χ1n) is 7.96. The lowest BCUT2D eigenvalue weighted by Crippen LogP contribution is -2.50. The average Bonchev–Trinajstić information content (AvgIpc) is 2.45. The molecule has 1 rings (SSSR count). The van der Waals surface area contributed by atoms with Crippen LogP contribution in [0.3, 0.4) is 0 Å². The number of benzene rings is 1. The quantitative estimate of drug-likeness (QED) is 0.811. The van der Waals surface area contributed by atoms with Crippen molar-refractivity contribution in [2.24, 2.45) is 0 Å².